The normalized spacial score (nSPS) is 14.0. The molecular formula is C46H30N4. The number of para-hydroxylation sites is 3. The fourth-order valence-corrected chi connectivity index (χ4v) is 8.28. The Morgan fingerprint density at radius 3 is 1.64 bits per heavy atom. The van der Waals surface area contributed by atoms with Gasteiger partial charge in [0.25, 0.3) is 0 Å². The van der Waals surface area contributed by atoms with E-state index in [9.17, 15) is 0 Å². The molecule has 4 nitrogen and oxygen atoms in total. The van der Waals surface area contributed by atoms with Gasteiger partial charge in [-0.2, -0.15) is 0 Å². The van der Waals surface area contributed by atoms with Gasteiger partial charge in [-0.25, -0.2) is 4.98 Å². The van der Waals surface area contributed by atoms with E-state index in [0.717, 1.165) is 28.1 Å². The monoisotopic (exact) mass is 638 g/mol. The second-order valence-electron chi connectivity index (χ2n) is 13.2. The summed E-state index contributed by atoms with van der Waals surface area (Å²) in [6.07, 6.45) is -0.237. The highest BCUT2D eigenvalue weighted by Crippen LogP contribution is 2.44. The van der Waals surface area contributed by atoms with Crippen LogP contribution in [-0.4, -0.2) is 14.1 Å². The van der Waals surface area contributed by atoms with Crippen molar-refractivity contribution < 1.29 is 0 Å². The van der Waals surface area contributed by atoms with E-state index in [2.05, 4.69) is 184 Å². The zero-order valence-electron chi connectivity index (χ0n) is 27.1. The minimum absolute atomic E-state index is 0.237. The van der Waals surface area contributed by atoms with Crippen LogP contribution in [0.15, 0.2) is 170 Å². The third-order valence-electron chi connectivity index (χ3n) is 10.5. The molecule has 8 aromatic carbocycles. The summed E-state index contributed by atoms with van der Waals surface area (Å²) in [5, 5.41) is 11.4. The number of nitrogens with one attached hydrogen (secondary N) is 1. The molecule has 1 aliphatic rings. The standard InChI is InChI=1S/C46H30N4/c1-3-15-33-29(11-1)13-9-18-35(33)31-23-25-42-38(27-31)39-28-32(36-19-10-14-30-12-2-4-16-34(30)36)24-26-43(39)49(42)46-48-40-20-6-5-17-37(40)45-47-41-21-7-8-22-44(41)50(45)46/h1-28,46,48H. The van der Waals surface area contributed by atoms with Crippen molar-refractivity contribution in [1.82, 2.24) is 14.1 Å². The molecule has 0 bridgehead atoms. The molecule has 0 radical (unpaired) electrons. The first-order chi connectivity index (χ1) is 24.8. The van der Waals surface area contributed by atoms with E-state index >= 15 is 0 Å². The Balaban J connectivity index is 1.22. The van der Waals surface area contributed by atoms with Gasteiger partial charge in [0.2, 0.25) is 0 Å². The maximum absolute atomic E-state index is 5.19. The number of benzene rings is 8. The lowest BCUT2D eigenvalue weighted by Crippen LogP contribution is -2.29. The quantitative estimate of drug-likeness (QED) is 0.209. The molecule has 10 aromatic rings. The zero-order valence-corrected chi connectivity index (χ0v) is 27.1. The summed E-state index contributed by atoms with van der Waals surface area (Å²) in [4.78, 5) is 5.19. The minimum atomic E-state index is -0.237. The lowest BCUT2D eigenvalue weighted by atomic mass is 9.95. The summed E-state index contributed by atoms with van der Waals surface area (Å²) in [6, 6.07) is 61.5. The van der Waals surface area contributed by atoms with Gasteiger partial charge < -0.3 is 9.88 Å². The van der Waals surface area contributed by atoms with E-state index in [-0.39, 0.29) is 6.29 Å². The first-order valence-electron chi connectivity index (χ1n) is 17.2. The molecule has 4 heteroatoms. The second kappa shape index (κ2) is 10.4. The van der Waals surface area contributed by atoms with Gasteiger partial charge in [0.1, 0.15) is 5.82 Å². The summed E-state index contributed by atoms with van der Waals surface area (Å²) in [6.45, 7) is 0. The van der Waals surface area contributed by atoms with Crippen LogP contribution >= 0.6 is 0 Å². The van der Waals surface area contributed by atoms with E-state index in [1.165, 1.54) is 65.6 Å². The maximum Gasteiger partial charge on any atom is 0.188 e. The Morgan fingerprint density at radius 2 is 0.960 bits per heavy atom. The summed E-state index contributed by atoms with van der Waals surface area (Å²) >= 11 is 0. The summed E-state index contributed by atoms with van der Waals surface area (Å²) in [5.74, 6) is 0.973. The van der Waals surface area contributed by atoms with E-state index < -0.39 is 0 Å². The van der Waals surface area contributed by atoms with Gasteiger partial charge in [-0.1, -0.05) is 121 Å². The van der Waals surface area contributed by atoms with Crippen LogP contribution in [0.1, 0.15) is 6.29 Å². The minimum Gasteiger partial charge on any atom is -0.347 e. The van der Waals surface area contributed by atoms with Crippen molar-refractivity contribution in [3.8, 4) is 33.6 Å². The number of rotatable bonds is 3. The predicted molar refractivity (Wildman–Crippen MR) is 209 cm³/mol. The van der Waals surface area contributed by atoms with Crippen molar-refractivity contribution in [2.45, 2.75) is 6.29 Å². The Kier molecular flexibility index (Phi) is 5.69. The highest BCUT2D eigenvalue weighted by Gasteiger charge is 2.30. The van der Waals surface area contributed by atoms with Crippen LogP contribution in [-0.2, 0) is 0 Å². The molecule has 234 valence electrons. The zero-order chi connectivity index (χ0) is 32.8. The molecule has 1 atom stereocenters. The van der Waals surface area contributed by atoms with Gasteiger partial charge in [0.05, 0.1) is 22.1 Å². The van der Waals surface area contributed by atoms with Crippen LogP contribution in [0.5, 0.6) is 0 Å². The predicted octanol–water partition coefficient (Wildman–Crippen LogP) is 11.9. The molecular weight excluding hydrogens is 609 g/mol. The molecule has 2 aromatic heterocycles. The van der Waals surface area contributed by atoms with E-state index in [0.29, 0.717) is 0 Å². The topological polar surface area (TPSA) is 34.8 Å². The molecule has 1 aliphatic heterocycles. The summed E-state index contributed by atoms with van der Waals surface area (Å²) in [5.41, 5.74) is 11.5. The first kappa shape index (κ1) is 27.3. The van der Waals surface area contributed by atoms with Crippen molar-refractivity contribution in [2.75, 3.05) is 5.32 Å². The fourth-order valence-electron chi connectivity index (χ4n) is 8.28. The molecule has 1 unspecified atom stereocenters. The third-order valence-corrected chi connectivity index (χ3v) is 10.5. The van der Waals surface area contributed by atoms with Crippen molar-refractivity contribution in [3.63, 3.8) is 0 Å². The average Bonchev–Trinajstić information content (AvgIpc) is 3.73. The number of anilines is 1. The van der Waals surface area contributed by atoms with Crippen LogP contribution in [0, 0.1) is 0 Å². The molecule has 0 aliphatic carbocycles. The van der Waals surface area contributed by atoms with Gasteiger partial charge in [-0.15, -0.1) is 0 Å². The van der Waals surface area contributed by atoms with Gasteiger partial charge in [0, 0.05) is 22.0 Å². The van der Waals surface area contributed by atoms with Gasteiger partial charge in [-0.05, 0) is 92.3 Å². The molecule has 1 N–H and O–H groups in total. The largest absolute Gasteiger partial charge is 0.347 e. The van der Waals surface area contributed by atoms with Crippen LogP contribution in [0.2, 0.25) is 0 Å². The van der Waals surface area contributed by atoms with E-state index in [4.69, 9.17) is 4.98 Å². The van der Waals surface area contributed by atoms with Crippen LogP contribution in [0.4, 0.5) is 5.69 Å². The average molecular weight is 639 g/mol. The third kappa shape index (κ3) is 3.90. The van der Waals surface area contributed by atoms with Gasteiger partial charge in [0.15, 0.2) is 6.29 Å². The fraction of sp³-hybridized carbons (Fsp3) is 0.0217. The van der Waals surface area contributed by atoms with Crippen molar-refractivity contribution >= 4 is 60.1 Å². The summed E-state index contributed by atoms with van der Waals surface area (Å²) < 4.78 is 4.84. The lowest BCUT2D eigenvalue weighted by Gasteiger charge is -2.32. The van der Waals surface area contributed by atoms with Crippen LogP contribution in [0.25, 0.3) is 88.0 Å². The molecule has 0 saturated heterocycles. The molecule has 3 heterocycles. The number of aromatic nitrogens is 3. The van der Waals surface area contributed by atoms with Gasteiger partial charge in [-0.3, -0.25) is 4.57 Å². The van der Waals surface area contributed by atoms with E-state index in [1.54, 1.807) is 0 Å². The maximum atomic E-state index is 5.19. The highest BCUT2D eigenvalue weighted by atomic mass is 15.4. The molecule has 0 fully saturated rings. The number of nitrogens with zero attached hydrogens (tertiary/aromatic N) is 3. The lowest BCUT2D eigenvalue weighted by molar-refractivity contribution is 0.520. The second-order valence-corrected chi connectivity index (χ2v) is 13.2. The molecule has 0 amide bonds. The molecule has 50 heavy (non-hydrogen) atoms. The Labute approximate surface area is 288 Å². The number of fused-ring (bicyclic) bond motifs is 10. The van der Waals surface area contributed by atoms with Gasteiger partial charge >= 0.3 is 0 Å². The number of hydrogen-bond donors (Lipinski definition) is 1. The number of hydrogen-bond acceptors (Lipinski definition) is 2. The Bertz CT molecular complexity index is 2830. The van der Waals surface area contributed by atoms with Crippen molar-refractivity contribution in [1.29, 1.82) is 0 Å². The van der Waals surface area contributed by atoms with Crippen LogP contribution in [0.3, 0.4) is 0 Å². The highest BCUT2D eigenvalue weighted by molar-refractivity contribution is 6.12. The SMILES string of the molecule is c1ccc2c(c1)NC(n1c3ccc(-c4cccc5ccccc45)cc3c3cc(-c4cccc5ccccc45)ccc31)n1c-2nc2ccccc21. The Morgan fingerprint density at radius 1 is 0.420 bits per heavy atom. The van der Waals surface area contributed by atoms with Crippen molar-refractivity contribution in [2.24, 2.45) is 0 Å². The smallest absolute Gasteiger partial charge is 0.188 e. The molecule has 11 rings (SSSR count). The van der Waals surface area contributed by atoms with Crippen molar-refractivity contribution in [3.05, 3.63) is 170 Å². The molecule has 0 spiro atoms. The number of imidazole rings is 1. The summed E-state index contributed by atoms with van der Waals surface area (Å²) in [7, 11) is 0. The first-order valence-corrected chi connectivity index (χ1v) is 17.2. The molecule has 0 saturated carbocycles. The van der Waals surface area contributed by atoms with Crippen LogP contribution < -0.4 is 5.32 Å². The van der Waals surface area contributed by atoms with E-state index in [1.807, 2.05) is 0 Å². The Hall–Kier alpha value is -6.65.